The number of amides is 3. The Morgan fingerprint density at radius 3 is 2.45 bits per heavy atom. The van der Waals surface area contributed by atoms with Crippen LogP contribution in [0, 0.1) is 24.0 Å². The van der Waals surface area contributed by atoms with Crippen molar-refractivity contribution in [3.63, 3.8) is 0 Å². The number of nitro groups is 1. The third kappa shape index (κ3) is 6.61. The van der Waals surface area contributed by atoms with Gasteiger partial charge in [0.25, 0.3) is 5.69 Å². The van der Waals surface area contributed by atoms with Crippen LogP contribution in [0.1, 0.15) is 24.5 Å². The molecule has 0 heterocycles. The molecule has 3 N–H and O–H groups in total. The smallest absolute Gasteiger partial charge is 0.325 e. The number of non-ortho nitro benzene ring substituents is 1. The number of rotatable bonds is 6. The number of hydrazone groups is 1. The average molecular weight is 446 g/mol. The lowest BCUT2D eigenvalue weighted by Gasteiger charge is -2.09. The highest BCUT2D eigenvalue weighted by molar-refractivity contribution is 6.40. The Bertz CT molecular complexity index is 1080. The fourth-order valence-electron chi connectivity index (χ4n) is 2.44. The predicted molar refractivity (Wildman–Crippen MR) is 117 cm³/mol. The van der Waals surface area contributed by atoms with Crippen LogP contribution in [0.3, 0.4) is 0 Å². The van der Waals surface area contributed by atoms with E-state index in [2.05, 4.69) is 21.2 Å². The number of nitro benzene ring substituents is 1. The summed E-state index contributed by atoms with van der Waals surface area (Å²) >= 11 is 5.97. The first-order chi connectivity index (χ1) is 14.6. The summed E-state index contributed by atoms with van der Waals surface area (Å²) < 4.78 is 0. The van der Waals surface area contributed by atoms with E-state index in [1.165, 1.54) is 25.1 Å². The second kappa shape index (κ2) is 10.3. The van der Waals surface area contributed by atoms with Crippen molar-refractivity contribution in [2.45, 2.75) is 27.2 Å². The SMILES string of the molecule is C/C(CC(=O)Nc1cc([N+](=O)[O-])ccc1C)=N/NC(=O)C(=O)Nc1cccc(Cl)c1C. The van der Waals surface area contributed by atoms with Gasteiger partial charge in [-0.2, -0.15) is 5.10 Å². The number of nitrogens with zero attached hydrogens (tertiary/aromatic N) is 2. The van der Waals surface area contributed by atoms with Crippen molar-refractivity contribution >= 4 is 52.1 Å². The molecule has 11 heteroatoms. The van der Waals surface area contributed by atoms with E-state index in [0.29, 0.717) is 27.5 Å². The lowest BCUT2D eigenvalue weighted by molar-refractivity contribution is -0.384. The third-order valence-electron chi connectivity index (χ3n) is 4.19. The zero-order valence-electron chi connectivity index (χ0n) is 17.0. The minimum atomic E-state index is -1.02. The van der Waals surface area contributed by atoms with Gasteiger partial charge < -0.3 is 10.6 Å². The fourth-order valence-corrected chi connectivity index (χ4v) is 2.62. The fraction of sp³-hybridized carbons (Fsp3) is 0.200. The van der Waals surface area contributed by atoms with E-state index in [1.807, 2.05) is 0 Å². The van der Waals surface area contributed by atoms with Crippen LogP contribution >= 0.6 is 11.6 Å². The van der Waals surface area contributed by atoms with Crippen LogP contribution in [-0.2, 0) is 14.4 Å². The molecule has 0 aliphatic heterocycles. The molecule has 0 aliphatic rings. The number of carbonyl (C=O) groups is 3. The Labute approximate surface area is 182 Å². The van der Waals surface area contributed by atoms with Crippen LogP contribution in [0.5, 0.6) is 0 Å². The van der Waals surface area contributed by atoms with E-state index in [9.17, 15) is 24.5 Å². The number of hydrogen-bond donors (Lipinski definition) is 3. The van der Waals surface area contributed by atoms with Gasteiger partial charge in [0.1, 0.15) is 0 Å². The zero-order valence-corrected chi connectivity index (χ0v) is 17.7. The van der Waals surface area contributed by atoms with E-state index in [1.54, 1.807) is 32.0 Å². The number of carbonyl (C=O) groups excluding carboxylic acids is 3. The summed E-state index contributed by atoms with van der Waals surface area (Å²) in [5.74, 6) is -2.45. The van der Waals surface area contributed by atoms with E-state index in [-0.39, 0.29) is 17.8 Å². The zero-order chi connectivity index (χ0) is 23.1. The van der Waals surface area contributed by atoms with Gasteiger partial charge in [0.15, 0.2) is 0 Å². The largest absolute Gasteiger partial charge is 0.329 e. The van der Waals surface area contributed by atoms with Crippen LogP contribution in [0.2, 0.25) is 5.02 Å². The molecule has 3 amide bonds. The molecule has 0 fully saturated rings. The second-order valence-electron chi connectivity index (χ2n) is 6.64. The van der Waals surface area contributed by atoms with Crippen LogP contribution in [0.15, 0.2) is 41.5 Å². The Morgan fingerprint density at radius 1 is 1.06 bits per heavy atom. The van der Waals surface area contributed by atoms with Crippen LogP contribution in [-0.4, -0.2) is 28.4 Å². The molecule has 0 saturated carbocycles. The van der Waals surface area contributed by atoms with Crippen molar-refractivity contribution in [1.82, 2.24) is 5.43 Å². The third-order valence-corrected chi connectivity index (χ3v) is 4.60. The van der Waals surface area contributed by atoms with Crippen LogP contribution < -0.4 is 16.1 Å². The van der Waals surface area contributed by atoms with E-state index < -0.39 is 22.6 Å². The van der Waals surface area contributed by atoms with E-state index >= 15 is 0 Å². The van der Waals surface area contributed by atoms with Gasteiger partial charge in [0.05, 0.1) is 17.0 Å². The van der Waals surface area contributed by atoms with Gasteiger partial charge in [-0.25, -0.2) is 5.43 Å². The minimum absolute atomic E-state index is 0.153. The molecule has 0 radical (unpaired) electrons. The van der Waals surface area contributed by atoms with Gasteiger partial charge in [-0.3, -0.25) is 24.5 Å². The van der Waals surface area contributed by atoms with Crippen molar-refractivity contribution in [2.24, 2.45) is 5.10 Å². The maximum Gasteiger partial charge on any atom is 0.329 e. The average Bonchev–Trinajstić information content (AvgIpc) is 2.70. The first-order valence-electron chi connectivity index (χ1n) is 9.03. The number of nitrogens with one attached hydrogen (secondary N) is 3. The molecule has 162 valence electrons. The topological polar surface area (TPSA) is 143 Å². The molecule has 2 aromatic carbocycles. The number of halogens is 1. The summed E-state index contributed by atoms with van der Waals surface area (Å²) in [6.45, 7) is 4.87. The molecule has 0 aromatic heterocycles. The highest BCUT2D eigenvalue weighted by Crippen LogP contribution is 2.23. The summed E-state index contributed by atoms with van der Waals surface area (Å²) in [4.78, 5) is 46.4. The molecule has 0 spiro atoms. The van der Waals surface area contributed by atoms with Crippen molar-refractivity contribution < 1.29 is 19.3 Å². The van der Waals surface area contributed by atoms with Gasteiger partial charge >= 0.3 is 11.8 Å². The van der Waals surface area contributed by atoms with Gasteiger partial charge in [-0.15, -0.1) is 0 Å². The Hall–Kier alpha value is -3.79. The second-order valence-corrected chi connectivity index (χ2v) is 7.04. The van der Waals surface area contributed by atoms with Gasteiger partial charge in [-0.05, 0) is 44.0 Å². The minimum Gasteiger partial charge on any atom is -0.325 e. The maximum absolute atomic E-state index is 12.2. The van der Waals surface area contributed by atoms with Crippen molar-refractivity contribution in [1.29, 1.82) is 0 Å². The summed E-state index contributed by atoms with van der Waals surface area (Å²) in [6, 6.07) is 9.00. The molecule has 10 nitrogen and oxygen atoms in total. The Kier molecular flexibility index (Phi) is 7.81. The maximum atomic E-state index is 12.2. The van der Waals surface area contributed by atoms with Crippen molar-refractivity contribution in [3.8, 4) is 0 Å². The Morgan fingerprint density at radius 2 is 1.77 bits per heavy atom. The summed E-state index contributed by atoms with van der Waals surface area (Å²) in [5.41, 5.74) is 4.09. The molecule has 2 aromatic rings. The molecule has 2 rings (SSSR count). The quantitative estimate of drug-likeness (QED) is 0.270. The summed E-state index contributed by atoms with van der Waals surface area (Å²) in [5, 5.41) is 20.0. The molecule has 0 bridgehead atoms. The number of benzene rings is 2. The van der Waals surface area contributed by atoms with Crippen LogP contribution in [0.4, 0.5) is 17.1 Å². The number of anilines is 2. The van der Waals surface area contributed by atoms with Crippen molar-refractivity contribution in [2.75, 3.05) is 10.6 Å². The highest BCUT2D eigenvalue weighted by atomic mass is 35.5. The number of hydrogen-bond acceptors (Lipinski definition) is 6. The predicted octanol–water partition coefficient (Wildman–Crippen LogP) is 3.32. The lowest BCUT2D eigenvalue weighted by atomic mass is 10.1. The standard InChI is InChI=1S/C20H20ClN5O5/c1-11-7-8-14(26(30)31)10-17(11)22-18(27)9-12(2)24-25-20(29)19(28)23-16-6-4-5-15(21)13(16)3/h4-8,10H,9H2,1-3H3,(H,22,27)(H,23,28)(H,25,29)/b24-12-. The van der Waals surface area contributed by atoms with Gasteiger partial charge in [-0.1, -0.05) is 23.7 Å². The summed E-state index contributed by atoms with van der Waals surface area (Å²) in [6.07, 6.45) is -0.197. The highest BCUT2D eigenvalue weighted by Gasteiger charge is 2.16. The molecule has 0 saturated heterocycles. The normalized spacial score (nSPS) is 10.9. The lowest BCUT2D eigenvalue weighted by Crippen LogP contribution is -2.33. The molecule has 0 atom stereocenters. The van der Waals surface area contributed by atoms with Gasteiger partial charge in [0.2, 0.25) is 5.91 Å². The Balaban J connectivity index is 1.93. The molecular weight excluding hydrogens is 426 g/mol. The van der Waals surface area contributed by atoms with E-state index in [0.717, 1.165) is 0 Å². The van der Waals surface area contributed by atoms with Crippen molar-refractivity contribution in [3.05, 3.63) is 62.7 Å². The summed E-state index contributed by atoms with van der Waals surface area (Å²) in [7, 11) is 0. The van der Waals surface area contributed by atoms with Crippen LogP contribution in [0.25, 0.3) is 0 Å². The molecule has 0 unspecified atom stereocenters. The number of aryl methyl sites for hydroxylation is 1. The monoisotopic (exact) mass is 445 g/mol. The first kappa shape index (κ1) is 23.5. The van der Waals surface area contributed by atoms with Gasteiger partial charge in [0, 0.05) is 28.6 Å². The molecule has 0 aliphatic carbocycles. The molecular formula is C20H20ClN5O5. The molecule has 31 heavy (non-hydrogen) atoms. The first-order valence-corrected chi connectivity index (χ1v) is 9.40. The van der Waals surface area contributed by atoms with E-state index in [4.69, 9.17) is 11.6 Å².